The van der Waals surface area contributed by atoms with Crippen LogP contribution in [0.4, 0.5) is 0 Å². The molecule has 0 bridgehead atoms. The standard InChI is InChI=1S/C19H10Cl2N4O2/c20-12-6-5-10(9-13(12)21)14-7-8-25-18(22-14)16(19(26)23-25)17-11-3-1-2-4-15(11)27-24-17/h1-9H,(H,23,26). The molecule has 8 heteroatoms. The van der Waals surface area contributed by atoms with Gasteiger partial charge in [0, 0.05) is 11.8 Å². The summed E-state index contributed by atoms with van der Waals surface area (Å²) in [6, 6.07) is 14.4. The van der Waals surface area contributed by atoms with E-state index < -0.39 is 0 Å². The summed E-state index contributed by atoms with van der Waals surface area (Å²) < 4.78 is 6.91. The Morgan fingerprint density at radius 1 is 1.04 bits per heavy atom. The fourth-order valence-corrected chi connectivity index (χ4v) is 3.35. The molecule has 132 valence electrons. The first-order valence-electron chi connectivity index (χ1n) is 8.03. The number of halogens is 2. The molecular formula is C19H10Cl2N4O2. The second-order valence-electron chi connectivity index (χ2n) is 5.98. The molecule has 0 fully saturated rings. The molecule has 1 N–H and O–H groups in total. The molecule has 0 aliphatic heterocycles. The van der Waals surface area contributed by atoms with Crippen LogP contribution in [0, 0.1) is 0 Å². The maximum absolute atomic E-state index is 12.6. The summed E-state index contributed by atoms with van der Waals surface area (Å²) in [5, 5.41) is 8.49. The number of aromatic amines is 1. The van der Waals surface area contributed by atoms with Gasteiger partial charge in [0.2, 0.25) is 0 Å². The molecule has 3 heterocycles. The van der Waals surface area contributed by atoms with E-state index in [4.69, 9.17) is 27.7 Å². The van der Waals surface area contributed by atoms with E-state index in [-0.39, 0.29) is 5.56 Å². The minimum Gasteiger partial charge on any atom is -0.356 e. The summed E-state index contributed by atoms with van der Waals surface area (Å²) in [6.45, 7) is 0. The number of fused-ring (bicyclic) bond motifs is 2. The summed E-state index contributed by atoms with van der Waals surface area (Å²) in [7, 11) is 0. The Morgan fingerprint density at radius 3 is 2.74 bits per heavy atom. The largest absolute Gasteiger partial charge is 0.356 e. The monoisotopic (exact) mass is 396 g/mol. The van der Waals surface area contributed by atoms with E-state index in [0.29, 0.717) is 38.2 Å². The van der Waals surface area contributed by atoms with Gasteiger partial charge in [0.25, 0.3) is 5.56 Å². The molecule has 0 unspecified atom stereocenters. The Kier molecular flexibility index (Phi) is 3.56. The predicted octanol–water partition coefficient (Wildman–Crippen LogP) is 4.80. The van der Waals surface area contributed by atoms with Crippen LogP contribution in [0.5, 0.6) is 0 Å². The minimum atomic E-state index is -0.298. The van der Waals surface area contributed by atoms with E-state index in [1.807, 2.05) is 24.3 Å². The normalized spacial score (nSPS) is 11.5. The number of H-pyrrole nitrogens is 1. The highest BCUT2D eigenvalue weighted by Crippen LogP contribution is 2.30. The van der Waals surface area contributed by atoms with Crippen molar-refractivity contribution in [2.45, 2.75) is 0 Å². The van der Waals surface area contributed by atoms with Crippen molar-refractivity contribution in [1.29, 1.82) is 0 Å². The molecule has 27 heavy (non-hydrogen) atoms. The molecule has 0 radical (unpaired) electrons. The minimum absolute atomic E-state index is 0.298. The van der Waals surface area contributed by atoms with Crippen molar-refractivity contribution < 1.29 is 4.52 Å². The van der Waals surface area contributed by atoms with Gasteiger partial charge in [-0.25, -0.2) is 9.50 Å². The van der Waals surface area contributed by atoms with E-state index in [9.17, 15) is 4.79 Å². The topological polar surface area (TPSA) is 76.2 Å². The van der Waals surface area contributed by atoms with Crippen molar-refractivity contribution in [1.82, 2.24) is 19.8 Å². The first-order valence-corrected chi connectivity index (χ1v) is 8.79. The van der Waals surface area contributed by atoms with Crippen LogP contribution in [0.3, 0.4) is 0 Å². The maximum Gasteiger partial charge on any atom is 0.276 e. The lowest BCUT2D eigenvalue weighted by Gasteiger charge is -2.04. The molecule has 0 spiro atoms. The van der Waals surface area contributed by atoms with Gasteiger partial charge in [-0.2, -0.15) is 0 Å². The van der Waals surface area contributed by atoms with Gasteiger partial charge < -0.3 is 4.52 Å². The molecule has 6 nitrogen and oxygen atoms in total. The average Bonchev–Trinajstić information content (AvgIpc) is 3.23. The number of nitrogens with zero attached hydrogens (tertiary/aromatic N) is 3. The van der Waals surface area contributed by atoms with E-state index in [1.165, 1.54) is 0 Å². The Hall–Kier alpha value is -3.09. The molecule has 2 aromatic carbocycles. The molecule has 0 amide bonds. The van der Waals surface area contributed by atoms with Gasteiger partial charge in [-0.3, -0.25) is 9.89 Å². The second kappa shape index (κ2) is 5.97. The highest BCUT2D eigenvalue weighted by molar-refractivity contribution is 6.42. The lowest BCUT2D eigenvalue weighted by Crippen LogP contribution is -2.02. The van der Waals surface area contributed by atoms with Crippen molar-refractivity contribution in [3.63, 3.8) is 0 Å². The van der Waals surface area contributed by atoms with E-state index in [2.05, 4.69) is 15.2 Å². The Balaban J connectivity index is 1.77. The molecule has 5 aromatic rings. The van der Waals surface area contributed by atoms with E-state index in [1.54, 1.807) is 35.0 Å². The smallest absolute Gasteiger partial charge is 0.276 e. The fourth-order valence-electron chi connectivity index (χ4n) is 3.05. The number of rotatable bonds is 2. The maximum atomic E-state index is 12.6. The van der Waals surface area contributed by atoms with Crippen molar-refractivity contribution in [3.05, 3.63) is 75.1 Å². The van der Waals surface area contributed by atoms with Crippen molar-refractivity contribution in [3.8, 4) is 22.5 Å². The van der Waals surface area contributed by atoms with Crippen molar-refractivity contribution >= 4 is 39.8 Å². The van der Waals surface area contributed by atoms with Crippen LogP contribution >= 0.6 is 23.2 Å². The second-order valence-corrected chi connectivity index (χ2v) is 6.79. The van der Waals surface area contributed by atoms with Crippen molar-refractivity contribution in [2.24, 2.45) is 0 Å². The zero-order valence-electron chi connectivity index (χ0n) is 13.6. The Labute approximate surface area is 161 Å². The van der Waals surface area contributed by atoms with Crippen LogP contribution in [0.1, 0.15) is 0 Å². The molecule has 0 atom stereocenters. The first-order chi connectivity index (χ1) is 13.1. The quantitative estimate of drug-likeness (QED) is 0.464. The number of hydrogen-bond donors (Lipinski definition) is 1. The number of nitrogens with one attached hydrogen (secondary N) is 1. The SMILES string of the molecule is O=c1[nH]n2ccc(-c3ccc(Cl)c(Cl)c3)nc2c1-c1noc2ccccc12. The van der Waals surface area contributed by atoms with Gasteiger partial charge in [-0.15, -0.1) is 0 Å². The predicted molar refractivity (Wildman–Crippen MR) is 104 cm³/mol. The summed E-state index contributed by atoms with van der Waals surface area (Å²) in [5.41, 5.74) is 3.00. The van der Waals surface area contributed by atoms with Crippen molar-refractivity contribution in [2.75, 3.05) is 0 Å². The molecule has 0 aliphatic rings. The number of para-hydroxylation sites is 1. The summed E-state index contributed by atoms with van der Waals surface area (Å²) in [6.07, 6.45) is 1.73. The highest BCUT2D eigenvalue weighted by Gasteiger charge is 2.20. The average molecular weight is 397 g/mol. The van der Waals surface area contributed by atoms with Crippen LogP contribution in [0.15, 0.2) is 64.0 Å². The van der Waals surface area contributed by atoms with Crippen LogP contribution in [-0.2, 0) is 0 Å². The van der Waals surface area contributed by atoms with Gasteiger partial charge >= 0.3 is 0 Å². The Morgan fingerprint density at radius 2 is 1.89 bits per heavy atom. The van der Waals surface area contributed by atoms with Crippen LogP contribution in [-0.4, -0.2) is 19.8 Å². The third-order valence-corrected chi connectivity index (χ3v) is 5.08. The van der Waals surface area contributed by atoms with Gasteiger partial charge in [0.1, 0.15) is 11.3 Å². The van der Waals surface area contributed by atoms with Crippen LogP contribution in [0.2, 0.25) is 10.0 Å². The highest BCUT2D eigenvalue weighted by atomic mass is 35.5. The fraction of sp³-hybridized carbons (Fsp3) is 0. The molecule has 0 saturated heterocycles. The number of hydrogen-bond acceptors (Lipinski definition) is 4. The van der Waals surface area contributed by atoms with E-state index >= 15 is 0 Å². The zero-order chi connectivity index (χ0) is 18.5. The number of benzene rings is 2. The zero-order valence-corrected chi connectivity index (χ0v) is 15.1. The third-order valence-electron chi connectivity index (χ3n) is 4.34. The molecule has 5 rings (SSSR count). The first kappa shape index (κ1) is 16.1. The van der Waals surface area contributed by atoms with Crippen LogP contribution in [0.25, 0.3) is 39.1 Å². The van der Waals surface area contributed by atoms with Gasteiger partial charge in [0.15, 0.2) is 11.2 Å². The molecule has 3 aromatic heterocycles. The van der Waals surface area contributed by atoms with E-state index in [0.717, 1.165) is 10.9 Å². The molecular weight excluding hydrogens is 387 g/mol. The molecule has 0 aliphatic carbocycles. The van der Waals surface area contributed by atoms with Gasteiger partial charge in [-0.05, 0) is 30.3 Å². The summed E-state index contributed by atoms with van der Waals surface area (Å²) in [4.78, 5) is 17.2. The lowest BCUT2D eigenvalue weighted by molar-refractivity contribution is 0.459. The summed E-state index contributed by atoms with van der Waals surface area (Å²) >= 11 is 12.1. The van der Waals surface area contributed by atoms with Gasteiger partial charge in [0.05, 0.1) is 21.1 Å². The van der Waals surface area contributed by atoms with Crippen LogP contribution < -0.4 is 5.56 Å². The number of aromatic nitrogens is 4. The lowest BCUT2D eigenvalue weighted by atomic mass is 10.1. The van der Waals surface area contributed by atoms with Gasteiger partial charge in [-0.1, -0.05) is 46.6 Å². The molecule has 0 saturated carbocycles. The Bertz CT molecular complexity index is 1380. The summed E-state index contributed by atoms with van der Waals surface area (Å²) in [5.74, 6) is 0. The third kappa shape index (κ3) is 2.53.